The number of carbonyl (C=O) groups is 2. The molecule has 25 heavy (non-hydrogen) atoms. The summed E-state index contributed by atoms with van der Waals surface area (Å²) in [5.41, 5.74) is 2.34. The van der Waals surface area contributed by atoms with Crippen LogP contribution in [-0.2, 0) is 4.79 Å². The first-order chi connectivity index (χ1) is 11.9. The third kappa shape index (κ3) is 3.86. The summed E-state index contributed by atoms with van der Waals surface area (Å²) in [6, 6.07) is 3.47. The molecule has 0 saturated heterocycles. The van der Waals surface area contributed by atoms with E-state index in [-0.39, 0.29) is 17.3 Å². The molecule has 2 rings (SSSR count). The Morgan fingerprint density at radius 2 is 1.72 bits per heavy atom. The average Bonchev–Trinajstić information content (AvgIpc) is 2.84. The third-order valence-corrected chi connectivity index (χ3v) is 4.28. The van der Waals surface area contributed by atoms with Gasteiger partial charge in [-0.1, -0.05) is 27.2 Å². The highest BCUT2D eigenvalue weighted by atomic mass is 16.5. The van der Waals surface area contributed by atoms with Crippen LogP contribution in [0.15, 0.2) is 17.7 Å². The van der Waals surface area contributed by atoms with Crippen LogP contribution < -0.4 is 14.8 Å². The van der Waals surface area contributed by atoms with E-state index in [0.717, 1.165) is 24.0 Å². The molecule has 0 radical (unpaired) electrons. The first-order valence-corrected chi connectivity index (χ1v) is 8.76. The van der Waals surface area contributed by atoms with Gasteiger partial charge in [0, 0.05) is 12.1 Å². The van der Waals surface area contributed by atoms with Gasteiger partial charge in [0.2, 0.25) is 0 Å². The second kappa shape index (κ2) is 8.19. The number of Topliss-reactive ketones (excluding diaryl/α,β-unsaturated/α-hetero) is 1. The van der Waals surface area contributed by atoms with E-state index in [4.69, 9.17) is 9.47 Å². The molecule has 1 aromatic carbocycles. The second-order valence-corrected chi connectivity index (χ2v) is 6.64. The number of ether oxygens (including phenoxy) is 2. The Morgan fingerprint density at radius 3 is 2.24 bits per heavy atom. The van der Waals surface area contributed by atoms with Crippen molar-refractivity contribution in [2.45, 2.75) is 40.0 Å². The van der Waals surface area contributed by atoms with E-state index >= 15 is 0 Å². The molecule has 0 spiro atoms. The number of ketones is 1. The average molecular weight is 345 g/mol. The van der Waals surface area contributed by atoms with Gasteiger partial charge in [0.15, 0.2) is 17.3 Å². The molecule has 5 nitrogen and oxygen atoms in total. The predicted octanol–water partition coefficient (Wildman–Crippen LogP) is 3.62. The molecule has 0 saturated carbocycles. The van der Waals surface area contributed by atoms with Gasteiger partial charge in [0.25, 0.3) is 5.91 Å². The van der Waals surface area contributed by atoms with Crippen LogP contribution in [0.3, 0.4) is 0 Å². The molecule has 0 fully saturated rings. The smallest absolute Gasteiger partial charge is 0.255 e. The maximum Gasteiger partial charge on any atom is 0.255 e. The quantitative estimate of drug-likeness (QED) is 0.577. The number of carbonyl (C=O) groups excluding carboxylic acids is 2. The molecule has 0 aliphatic heterocycles. The van der Waals surface area contributed by atoms with Crippen molar-refractivity contribution in [2.75, 3.05) is 20.8 Å². The number of amides is 1. The van der Waals surface area contributed by atoms with Crippen molar-refractivity contribution in [3.8, 4) is 11.5 Å². The largest absolute Gasteiger partial charge is 0.493 e. The highest BCUT2D eigenvalue weighted by Gasteiger charge is 2.35. The van der Waals surface area contributed by atoms with Gasteiger partial charge < -0.3 is 14.8 Å². The van der Waals surface area contributed by atoms with Crippen LogP contribution in [-0.4, -0.2) is 32.5 Å². The van der Waals surface area contributed by atoms with Crippen LogP contribution in [0.2, 0.25) is 0 Å². The van der Waals surface area contributed by atoms with E-state index < -0.39 is 0 Å². The fourth-order valence-electron chi connectivity index (χ4n) is 3.05. The van der Waals surface area contributed by atoms with Crippen molar-refractivity contribution in [3.63, 3.8) is 0 Å². The second-order valence-electron chi connectivity index (χ2n) is 6.64. The number of hydrogen-bond donors (Lipinski definition) is 1. The molecule has 1 aliphatic carbocycles. The number of hydrogen-bond acceptors (Lipinski definition) is 4. The molecule has 0 unspecified atom stereocenters. The molecule has 1 N–H and O–H groups in total. The van der Waals surface area contributed by atoms with Gasteiger partial charge in [0.05, 0.1) is 19.8 Å². The number of allylic oxidation sites excluding steroid dienone is 1. The highest BCUT2D eigenvalue weighted by molar-refractivity contribution is 6.34. The summed E-state index contributed by atoms with van der Waals surface area (Å²) in [7, 11) is 3.09. The number of rotatable bonds is 8. The van der Waals surface area contributed by atoms with Gasteiger partial charge >= 0.3 is 0 Å². The molecule has 1 aromatic rings. The van der Waals surface area contributed by atoms with Crippen LogP contribution in [0.5, 0.6) is 11.5 Å². The minimum atomic E-state index is -0.289. The van der Waals surface area contributed by atoms with Crippen LogP contribution in [0, 0.1) is 5.92 Å². The Morgan fingerprint density at radius 1 is 1.12 bits per heavy atom. The Labute approximate surface area is 149 Å². The number of nitrogens with one attached hydrogen (secondary N) is 1. The number of benzene rings is 1. The molecule has 5 heteroatoms. The first-order valence-electron chi connectivity index (χ1n) is 8.76. The maximum atomic E-state index is 12.9. The third-order valence-electron chi connectivity index (χ3n) is 4.28. The van der Waals surface area contributed by atoms with Crippen molar-refractivity contribution in [1.82, 2.24) is 5.32 Å². The first kappa shape index (κ1) is 19.0. The van der Waals surface area contributed by atoms with Gasteiger partial charge in [-0.2, -0.15) is 0 Å². The molecule has 1 amide bonds. The minimum absolute atomic E-state index is 0.236. The van der Waals surface area contributed by atoms with E-state index in [9.17, 15) is 9.59 Å². The van der Waals surface area contributed by atoms with Crippen molar-refractivity contribution >= 4 is 17.3 Å². The molecule has 136 valence electrons. The molecular weight excluding hydrogens is 318 g/mol. The van der Waals surface area contributed by atoms with E-state index in [1.807, 2.05) is 0 Å². The highest BCUT2D eigenvalue weighted by Crippen LogP contribution is 2.42. The summed E-state index contributed by atoms with van der Waals surface area (Å²) in [5, 5.41) is 2.87. The van der Waals surface area contributed by atoms with Crippen molar-refractivity contribution in [1.29, 1.82) is 0 Å². The Balaban J connectivity index is 2.50. The summed E-state index contributed by atoms with van der Waals surface area (Å²) in [4.78, 5) is 25.6. The van der Waals surface area contributed by atoms with Gasteiger partial charge in [0.1, 0.15) is 0 Å². The van der Waals surface area contributed by atoms with Crippen molar-refractivity contribution in [3.05, 3.63) is 28.8 Å². The lowest BCUT2D eigenvalue weighted by atomic mass is 9.95. The standard InChI is InChI=1S/C20H27NO4/c1-6-7-8-21-20(23)18-14(9-12(2)3)13-10-16(24-4)17(25-5)11-15(13)19(18)22/h10-12H,6-9H2,1-5H3,(H,21,23). The minimum Gasteiger partial charge on any atom is -0.493 e. The summed E-state index contributed by atoms with van der Waals surface area (Å²) in [6.45, 7) is 6.78. The van der Waals surface area contributed by atoms with Crippen LogP contribution in [0.25, 0.3) is 5.57 Å². The summed E-state index contributed by atoms with van der Waals surface area (Å²) >= 11 is 0. The van der Waals surface area contributed by atoms with Gasteiger partial charge in [-0.05, 0) is 42.0 Å². The molecule has 0 atom stereocenters. The summed E-state index contributed by atoms with van der Waals surface area (Å²) in [5.74, 6) is 0.846. The number of unbranched alkanes of at least 4 members (excludes halogenated alkanes) is 1. The van der Waals surface area contributed by atoms with E-state index in [1.165, 1.54) is 7.11 Å². The fraction of sp³-hybridized carbons (Fsp3) is 0.500. The zero-order valence-corrected chi connectivity index (χ0v) is 15.7. The lowest BCUT2D eigenvalue weighted by molar-refractivity contribution is -0.117. The molecule has 1 aliphatic rings. The Hall–Kier alpha value is -2.30. The monoisotopic (exact) mass is 345 g/mol. The Bertz CT molecular complexity index is 704. The van der Waals surface area contributed by atoms with Gasteiger partial charge in [-0.15, -0.1) is 0 Å². The van der Waals surface area contributed by atoms with Gasteiger partial charge in [-0.25, -0.2) is 0 Å². The summed E-state index contributed by atoms with van der Waals surface area (Å²) < 4.78 is 10.7. The zero-order chi connectivity index (χ0) is 18.6. The predicted molar refractivity (Wildman–Crippen MR) is 98.2 cm³/mol. The lowest BCUT2D eigenvalue weighted by Crippen LogP contribution is -2.28. The topological polar surface area (TPSA) is 64.6 Å². The van der Waals surface area contributed by atoms with E-state index in [2.05, 4.69) is 26.1 Å². The SMILES string of the molecule is CCCCNC(=O)C1=C(CC(C)C)c2cc(OC)c(OC)cc2C1=O. The van der Waals surface area contributed by atoms with Crippen LogP contribution in [0.1, 0.15) is 56.0 Å². The van der Waals surface area contributed by atoms with Crippen LogP contribution >= 0.6 is 0 Å². The molecule has 0 heterocycles. The van der Waals surface area contributed by atoms with E-state index in [1.54, 1.807) is 19.2 Å². The van der Waals surface area contributed by atoms with E-state index in [0.29, 0.717) is 35.9 Å². The fourth-order valence-corrected chi connectivity index (χ4v) is 3.05. The number of methoxy groups -OCH3 is 2. The molecule has 0 bridgehead atoms. The lowest BCUT2D eigenvalue weighted by Gasteiger charge is -2.13. The molecule has 0 aromatic heterocycles. The number of fused-ring (bicyclic) bond motifs is 1. The maximum absolute atomic E-state index is 12.9. The zero-order valence-electron chi connectivity index (χ0n) is 15.7. The normalized spacial score (nSPS) is 13.3. The van der Waals surface area contributed by atoms with Gasteiger partial charge in [-0.3, -0.25) is 9.59 Å². The Kier molecular flexibility index (Phi) is 6.23. The van der Waals surface area contributed by atoms with Crippen LogP contribution in [0.4, 0.5) is 0 Å². The summed E-state index contributed by atoms with van der Waals surface area (Å²) in [6.07, 6.45) is 2.53. The molecular formula is C20H27NO4. The van der Waals surface area contributed by atoms with Crippen molar-refractivity contribution < 1.29 is 19.1 Å². The van der Waals surface area contributed by atoms with Crippen molar-refractivity contribution in [2.24, 2.45) is 5.92 Å².